The van der Waals surface area contributed by atoms with E-state index < -0.39 is 0 Å². The summed E-state index contributed by atoms with van der Waals surface area (Å²) in [7, 11) is 1.68. The van der Waals surface area contributed by atoms with E-state index in [1.165, 1.54) is 6.07 Å². The molecule has 2 rings (SSSR count). The normalized spacial score (nSPS) is 13.1. The number of ether oxygens (including phenoxy) is 1. The first kappa shape index (κ1) is 15.7. The highest BCUT2D eigenvalue weighted by molar-refractivity contribution is 9.10. The standard InChI is InChI=1S/C14H17BrClFN2O/c1-9(4-6-20-2)19-13-8-11(17)10(15)7-12(13)18-14(19)3-5-16/h7-9H,3-6H2,1-2H3. The third-order valence-electron chi connectivity index (χ3n) is 3.30. The molecule has 1 atom stereocenters. The van der Waals surface area contributed by atoms with E-state index in [2.05, 4.69) is 32.4 Å². The van der Waals surface area contributed by atoms with Crippen LogP contribution in [0.4, 0.5) is 4.39 Å². The molecule has 0 aliphatic carbocycles. The van der Waals surface area contributed by atoms with Crippen LogP contribution >= 0.6 is 27.5 Å². The first-order chi connectivity index (χ1) is 9.58. The molecule has 1 heterocycles. The predicted molar refractivity (Wildman–Crippen MR) is 83.0 cm³/mol. The van der Waals surface area contributed by atoms with Gasteiger partial charge in [0.1, 0.15) is 11.6 Å². The number of aryl methyl sites for hydroxylation is 1. The fourth-order valence-electron chi connectivity index (χ4n) is 2.31. The Labute approximate surface area is 131 Å². The number of methoxy groups -OCH3 is 1. The van der Waals surface area contributed by atoms with Crippen molar-refractivity contribution in [1.29, 1.82) is 0 Å². The molecule has 20 heavy (non-hydrogen) atoms. The van der Waals surface area contributed by atoms with Crippen LogP contribution in [-0.2, 0) is 11.2 Å². The van der Waals surface area contributed by atoms with Crippen LogP contribution in [0.15, 0.2) is 16.6 Å². The molecule has 1 aromatic heterocycles. The third kappa shape index (κ3) is 3.15. The highest BCUT2D eigenvalue weighted by Crippen LogP contribution is 2.28. The second-order valence-corrected chi connectivity index (χ2v) is 5.95. The molecule has 1 unspecified atom stereocenters. The number of fused-ring (bicyclic) bond motifs is 1. The van der Waals surface area contributed by atoms with Crippen molar-refractivity contribution in [3.05, 3.63) is 28.2 Å². The van der Waals surface area contributed by atoms with E-state index in [1.54, 1.807) is 13.2 Å². The van der Waals surface area contributed by atoms with Gasteiger partial charge in [0.2, 0.25) is 0 Å². The summed E-state index contributed by atoms with van der Waals surface area (Å²) >= 11 is 9.04. The van der Waals surface area contributed by atoms with Gasteiger partial charge in [-0.05, 0) is 35.3 Å². The Hall–Kier alpha value is -0.650. The van der Waals surface area contributed by atoms with Crippen LogP contribution in [0, 0.1) is 5.82 Å². The van der Waals surface area contributed by atoms with Crippen LogP contribution in [0.25, 0.3) is 11.0 Å². The summed E-state index contributed by atoms with van der Waals surface area (Å²) in [4.78, 5) is 4.57. The smallest absolute Gasteiger partial charge is 0.139 e. The van der Waals surface area contributed by atoms with Gasteiger partial charge >= 0.3 is 0 Å². The predicted octanol–water partition coefficient (Wildman–Crippen LogP) is 4.32. The van der Waals surface area contributed by atoms with Crippen LogP contribution in [0.3, 0.4) is 0 Å². The van der Waals surface area contributed by atoms with Crippen molar-refractivity contribution in [3.63, 3.8) is 0 Å². The second-order valence-electron chi connectivity index (χ2n) is 4.72. The van der Waals surface area contributed by atoms with Crippen molar-refractivity contribution < 1.29 is 9.13 Å². The first-order valence-corrected chi connectivity index (χ1v) is 7.82. The maximum atomic E-state index is 13.8. The molecule has 0 fully saturated rings. The van der Waals surface area contributed by atoms with E-state index >= 15 is 0 Å². The zero-order valence-corrected chi connectivity index (χ0v) is 13.8. The van der Waals surface area contributed by atoms with Crippen LogP contribution in [0.1, 0.15) is 25.2 Å². The van der Waals surface area contributed by atoms with Gasteiger partial charge in [0.05, 0.1) is 15.5 Å². The van der Waals surface area contributed by atoms with E-state index in [1.807, 2.05) is 0 Å². The number of benzene rings is 1. The summed E-state index contributed by atoms with van der Waals surface area (Å²) in [5.74, 6) is 1.09. The summed E-state index contributed by atoms with van der Waals surface area (Å²) in [5, 5.41) is 0. The summed E-state index contributed by atoms with van der Waals surface area (Å²) in [6.45, 7) is 2.73. The van der Waals surface area contributed by atoms with Crippen molar-refractivity contribution in [2.45, 2.75) is 25.8 Å². The molecule has 0 spiro atoms. The Morgan fingerprint density at radius 1 is 1.50 bits per heavy atom. The van der Waals surface area contributed by atoms with Gasteiger partial charge in [-0.1, -0.05) is 0 Å². The number of aromatic nitrogens is 2. The minimum atomic E-state index is -0.282. The third-order valence-corrected chi connectivity index (χ3v) is 4.10. The second kappa shape index (κ2) is 6.87. The van der Waals surface area contributed by atoms with Crippen molar-refractivity contribution in [2.75, 3.05) is 19.6 Å². The maximum absolute atomic E-state index is 13.8. The Morgan fingerprint density at radius 3 is 2.90 bits per heavy atom. The minimum Gasteiger partial charge on any atom is -0.385 e. The van der Waals surface area contributed by atoms with Gasteiger partial charge in [-0.15, -0.1) is 11.6 Å². The molecule has 0 saturated heterocycles. The number of hydrogen-bond donors (Lipinski definition) is 0. The molecule has 2 aromatic rings. The van der Waals surface area contributed by atoms with Crippen LogP contribution in [-0.4, -0.2) is 29.1 Å². The van der Waals surface area contributed by atoms with E-state index in [-0.39, 0.29) is 11.9 Å². The Balaban J connectivity index is 2.52. The lowest BCUT2D eigenvalue weighted by atomic mass is 10.2. The quantitative estimate of drug-likeness (QED) is 0.715. The number of imidazole rings is 1. The molecule has 0 aliphatic rings. The number of alkyl halides is 1. The maximum Gasteiger partial charge on any atom is 0.139 e. The van der Waals surface area contributed by atoms with E-state index in [0.29, 0.717) is 23.4 Å². The number of halogens is 3. The molecule has 110 valence electrons. The zero-order chi connectivity index (χ0) is 14.7. The molecule has 0 bridgehead atoms. The van der Waals surface area contributed by atoms with Gasteiger partial charge in [0, 0.05) is 38.1 Å². The number of rotatable bonds is 6. The first-order valence-electron chi connectivity index (χ1n) is 6.49. The highest BCUT2D eigenvalue weighted by Gasteiger charge is 2.17. The van der Waals surface area contributed by atoms with Gasteiger partial charge in [0.25, 0.3) is 0 Å². The zero-order valence-electron chi connectivity index (χ0n) is 11.5. The topological polar surface area (TPSA) is 27.1 Å². The lowest BCUT2D eigenvalue weighted by Gasteiger charge is -2.17. The Bertz CT molecular complexity index is 602. The lowest BCUT2D eigenvalue weighted by Crippen LogP contribution is -2.12. The highest BCUT2D eigenvalue weighted by atomic mass is 79.9. The minimum absolute atomic E-state index is 0.179. The Morgan fingerprint density at radius 2 is 2.25 bits per heavy atom. The van der Waals surface area contributed by atoms with Crippen LogP contribution in [0.5, 0.6) is 0 Å². The van der Waals surface area contributed by atoms with Gasteiger partial charge in [-0.3, -0.25) is 0 Å². The fourth-order valence-corrected chi connectivity index (χ4v) is 2.81. The largest absolute Gasteiger partial charge is 0.385 e. The molecule has 0 aliphatic heterocycles. The van der Waals surface area contributed by atoms with Gasteiger partial charge in [-0.2, -0.15) is 0 Å². The molecule has 3 nitrogen and oxygen atoms in total. The van der Waals surface area contributed by atoms with E-state index in [9.17, 15) is 4.39 Å². The van der Waals surface area contributed by atoms with E-state index in [4.69, 9.17) is 16.3 Å². The van der Waals surface area contributed by atoms with Crippen molar-refractivity contribution in [1.82, 2.24) is 9.55 Å². The van der Waals surface area contributed by atoms with Gasteiger partial charge in [-0.25, -0.2) is 9.37 Å². The molecular formula is C14H17BrClFN2O. The van der Waals surface area contributed by atoms with Crippen molar-refractivity contribution in [2.24, 2.45) is 0 Å². The lowest BCUT2D eigenvalue weighted by molar-refractivity contribution is 0.181. The molecule has 0 N–H and O–H groups in total. The van der Waals surface area contributed by atoms with Crippen molar-refractivity contribution in [3.8, 4) is 0 Å². The molecule has 0 amide bonds. The molecule has 6 heteroatoms. The Kier molecular flexibility index (Phi) is 5.41. The summed E-state index contributed by atoms with van der Waals surface area (Å²) in [5.41, 5.74) is 1.58. The average molecular weight is 364 g/mol. The molecule has 0 radical (unpaired) electrons. The average Bonchev–Trinajstić information content (AvgIpc) is 2.74. The van der Waals surface area contributed by atoms with Crippen LogP contribution < -0.4 is 0 Å². The number of nitrogens with zero attached hydrogens (tertiary/aromatic N) is 2. The summed E-state index contributed by atoms with van der Waals surface area (Å²) < 4.78 is 21.4. The van der Waals surface area contributed by atoms with Gasteiger partial charge in [0.15, 0.2) is 0 Å². The summed E-state index contributed by atoms with van der Waals surface area (Å²) in [6.07, 6.45) is 1.50. The van der Waals surface area contributed by atoms with Crippen molar-refractivity contribution >= 4 is 38.6 Å². The summed E-state index contributed by atoms with van der Waals surface area (Å²) in [6, 6.07) is 3.41. The number of hydrogen-bond acceptors (Lipinski definition) is 2. The molecule has 0 saturated carbocycles. The SMILES string of the molecule is COCCC(C)n1c(CCCl)nc2cc(Br)c(F)cc21. The van der Waals surface area contributed by atoms with Crippen LogP contribution in [0.2, 0.25) is 0 Å². The van der Waals surface area contributed by atoms with Gasteiger partial charge < -0.3 is 9.30 Å². The molecular weight excluding hydrogens is 347 g/mol. The monoisotopic (exact) mass is 362 g/mol. The molecule has 1 aromatic carbocycles. The fraction of sp³-hybridized carbons (Fsp3) is 0.500. The van der Waals surface area contributed by atoms with E-state index in [0.717, 1.165) is 23.3 Å².